The van der Waals surface area contributed by atoms with E-state index in [-0.39, 0.29) is 4.68 Å². The van der Waals surface area contributed by atoms with Gasteiger partial charge in [0.2, 0.25) is 0 Å². The Labute approximate surface area is 45.2 Å². The molecular formula is C4H5CuO. The van der Waals surface area contributed by atoms with Gasteiger partial charge in [0, 0.05) is 0 Å². The first-order valence-corrected chi connectivity index (χ1v) is 1.93. The third kappa shape index (κ3) is 2.18. The van der Waals surface area contributed by atoms with Crippen molar-refractivity contribution in [3.8, 4) is 0 Å². The molecule has 0 aromatic heterocycles. The SMILES string of the molecule is C=C(C)[C](=O)[Cu]. The van der Waals surface area contributed by atoms with E-state index in [0.29, 0.717) is 5.57 Å². The van der Waals surface area contributed by atoms with E-state index in [1.165, 1.54) is 0 Å². The van der Waals surface area contributed by atoms with E-state index in [4.69, 9.17) is 0 Å². The van der Waals surface area contributed by atoms with Crippen molar-refractivity contribution in [1.82, 2.24) is 0 Å². The Morgan fingerprint density at radius 3 is 2.00 bits per heavy atom. The second-order valence-corrected chi connectivity index (χ2v) is 1.45. The molecule has 0 unspecified atom stereocenters. The molecule has 1 nitrogen and oxygen atoms in total. The van der Waals surface area contributed by atoms with Crippen LogP contribution in [0.3, 0.4) is 0 Å². The Morgan fingerprint density at radius 1 is 1.83 bits per heavy atom. The van der Waals surface area contributed by atoms with Gasteiger partial charge in [0.25, 0.3) is 0 Å². The van der Waals surface area contributed by atoms with Gasteiger partial charge in [-0.15, -0.1) is 0 Å². The van der Waals surface area contributed by atoms with Gasteiger partial charge in [-0.3, -0.25) is 0 Å². The molecule has 0 aliphatic rings. The van der Waals surface area contributed by atoms with Crippen molar-refractivity contribution >= 4 is 4.68 Å². The Hall–Kier alpha value is -0.0705. The molecule has 2 heteroatoms. The molecule has 6 heavy (non-hydrogen) atoms. The summed E-state index contributed by atoms with van der Waals surface area (Å²) >= 11 is 4.30. The van der Waals surface area contributed by atoms with Crippen LogP contribution in [0, 0.1) is 0 Å². The van der Waals surface area contributed by atoms with Crippen LogP contribution >= 0.6 is 0 Å². The minimum absolute atomic E-state index is 0.373. The summed E-state index contributed by atoms with van der Waals surface area (Å²) in [6, 6.07) is 0. The van der Waals surface area contributed by atoms with E-state index in [1.807, 2.05) is 0 Å². The van der Waals surface area contributed by atoms with Gasteiger partial charge in [0.1, 0.15) is 0 Å². The van der Waals surface area contributed by atoms with Crippen LogP contribution in [0.4, 0.5) is 0 Å². The third-order valence-electron chi connectivity index (χ3n) is 0.303. The fourth-order valence-electron chi connectivity index (χ4n) is 0. The van der Waals surface area contributed by atoms with Crippen molar-refractivity contribution in [2.75, 3.05) is 0 Å². The molecule has 0 heterocycles. The molecular weight excluding hydrogens is 128 g/mol. The van der Waals surface area contributed by atoms with Crippen LogP contribution in [0.15, 0.2) is 12.2 Å². The molecule has 0 radical (unpaired) electrons. The quantitative estimate of drug-likeness (QED) is 0.378. The molecule has 0 fully saturated rings. The average molecular weight is 133 g/mol. The van der Waals surface area contributed by atoms with E-state index in [9.17, 15) is 4.79 Å². The van der Waals surface area contributed by atoms with Gasteiger partial charge < -0.3 is 0 Å². The molecule has 0 aromatic rings. The van der Waals surface area contributed by atoms with Crippen LogP contribution < -0.4 is 0 Å². The van der Waals surface area contributed by atoms with Crippen molar-refractivity contribution in [3.05, 3.63) is 12.2 Å². The topological polar surface area (TPSA) is 17.1 Å². The monoisotopic (exact) mass is 132 g/mol. The van der Waals surface area contributed by atoms with Crippen LogP contribution in [0.2, 0.25) is 0 Å². The first-order valence-electron chi connectivity index (χ1n) is 1.46. The standard InChI is InChI=1S/C4H5O.Cu/c1-4(2)3-5;/h1H2,2H3;. The molecule has 0 saturated carbocycles. The summed E-state index contributed by atoms with van der Waals surface area (Å²) in [6.07, 6.45) is 0. The predicted molar refractivity (Wildman–Crippen MR) is 19.8 cm³/mol. The van der Waals surface area contributed by atoms with Crippen LogP contribution in [0.25, 0.3) is 0 Å². The van der Waals surface area contributed by atoms with Crippen LogP contribution in [-0.4, -0.2) is 4.68 Å². The fraction of sp³-hybridized carbons (Fsp3) is 0.250. The number of carbonyl (C=O) groups excluding carboxylic acids is 1. The zero-order chi connectivity index (χ0) is 5.15. The van der Waals surface area contributed by atoms with Crippen molar-refractivity contribution in [1.29, 1.82) is 0 Å². The van der Waals surface area contributed by atoms with Gasteiger partial charge in [-0.25, -0.2) is 0 Å². The molecule has 0 saturated heterocycles. The summed E-state index contributed by atoms with van der Waals surface area (Å²) in [5.41, 5.74) is 0.426. The van der Waals surface area contributed by atoms with Crippen molar-refractivity contribution < 1.29 is 20.8 Å². The van der Waals surface area contributed by atoms with Crippen LogP contribution in [0.5, 0.6) is 0 Å². The van der Waals surface area contributed by atoms with Gasteiger partial charge in [0.15, 0.2) is 0 Å². The van der Waals surface area contributed by atoms with Crippen molar-refractivity contribution in [2.24, 2.45) is 0 Å². The fourth-order valence-corrected chi connectivity index (χ4v) is 0. The van der Waals surface area contributed by atoms with Crippen molar-refractivity contribution in [2.45, 2.75) is 6.92 Å². The van der Waals surface area contributed by atoms with E-state index in [2.05, 4.69) is 22.6 Å². The molecule has 0 bridgehead atoms. The molecule has 0 aliphatic carbocycles. The molecule has 0 amide bonds. The zero-order valence-electron chi connectivity index (χ0n) is 3.42. The molecule has 0 atom stereocenters. The first-order chi connectivity index (χ1) is 2.64. The Balaban J connectivity index is 3.57. The normalized spacial score (nSPS) is 7.83. The second-order valence-electron chi connectivity index (χ2n) is 1.02. The maximum atomic E-state index is 9.85. The van der Waals surface area contributed by atoms with E-state index in [0.717, 1.165) is 0 Å². The zero-order valence-corrected chi connectivity index (χ0v) is 4.36. The van der Waals surface area contributed by atoms with E-state index >= 15 is 0 Å². The van der Waals surface area contributed by atoms with Gasteiger partial charge in [0.05, 0.1) is 0 Å². The molecule has 0 aliphatic heterocycles. The Morgan fingerprint density at radius 2 is 2.00 bits per heavy atom. The summed E-state index contributed by atoms with van der Waals surface area (Å²) in [4.78, 5) is 9.85. The summed E-state index contributed by atoms with van der Waals surface area (Å²) in [6.45, 7) is 4.88. The number of allylic oxidation sites excluding steroid dienone is 1. The summed E-state index contributed by atoms with van der Waals surface area (Å²) < 4.78 is -0.373. The average Bonchev–Trinajstić information content (AvgIpc) is 1.36. The number of carbonyl (C=O) groups is 1. The van der Waals surface area contributed by atoms with Crippen molar-refractivity contribution in [3.63, 3.8) is 0 Å². The predicted octanol–water partition coefficient (Wildman–Crippen LogP) is 0.636. The Bertz CT molecular complexity index is 73.5. The maximum absolute atomic E-state index is 9.85. The number of hydrogen-bond donors (Lipinski definition) is 0. The van der Waals surface area contributed by atoms with Crippen LogP contribution in [0.1, 0.15) is 6.92 Å². The molecule has 0 rings (SSSR count). The summed E-state index contributed by atoms with van der Waals surface area (Å²) in [5.74, 6) is 0. The number of rotatable bonds is 1. The third-order valence-corrected chi connectivity index (χ3v) is 0.705. The summed E-state index contributed by atoms with van der Waals surface area (Å²) in [7, 11) is 0. The molecule has 38 valence electrons. The first kappa shape index (κ1) is 5.93. The summed E-state index contributed by atoms with van der Waals surface area (Å²) in [5, 5.41) is 0. The number of hydrogen-bond acceptors (Lipinski definition) is 1. The van der Waals surface area contributed by atoms with E-state index in [1.54, 1.807) is 6.92 Å². The van der Waals surface area contributed by atoms with Gasteiger partial charge in [-0.1, -0.05) is 0 Å². The second kappa shape index (κ2) is 2.16. The van der Waals surface area contributed by atoms with E-state index < -0.39 is 0 Å². The van der Waals surface area contributed by atoms with Gasteiger partial charge in [-0.05, 0) is 0 Å². The minimum atomic E-state index is -0.373. The molecule has 0 spiro atoms. The van der Waals surface area contributed by atoms with Crippen LogP contribution in [-0.2, 0) is 20.8 Å². The molecule has 0 aromatic carbocycles. The van der Waals surface area contributed by atoms with Gasteiger partial charge in [-0.2, -0.15) is 0 Å². The van der Waals surface area contributed by atoms with Gasteiger partial charge >= 0.3 is 44.6 Å². The Kier molecular flexibility index (Phi) is 2.14. The molecule has 0 N–H and O–H groups in total.